The molecule has 3 fully saturated rings. The van der Waals surface area contributed by atoms with Crippen molar-refractivity contribution in [2.45, 2.75) is 51.2 Å². The van der Waals surface area contributed by atoms with Crippen LogP contribution in [-0.4, -0.2) is 74.7 Å². The molecule has 1 spiro atoms. The van der Waals surface area contributed by atoms with E-state index in [-0.39, 0.29) is 23.3 Å². The Morgan fingerprint density at radius 3 is 2.48 bits per heavy atom. The Hall–Kier alpha value is -1.66. The molecule has 6 heteroatoms. The topological polar surface area (TPSA) is 36.0 Å². The summed E-state index contributed by atoms with van der Waals surface area (Å²) < 4.78 is 19.1. The van der Waals surface area contributed by atoms with E-state index in [0.29, 0.717) is 6.04 Å². The third kappa shape index (κ3) is 4.29. The Labute approximate surface area is 173 Å². The lowest BCUT2D eigenvalue weighted by molar-refractivity contribution is -0.151. The molecule has 3 saturated heterocycles. The van der Waals surface area contributed by atoms with Gasteiger partial charge in [-0.3, -0.25) is 4.79 Å². The van der Waals surface area contributed by atoms with Gasteiger partial charge in [0.25, 0.3) is 0 Å². The number of piperidine rings is 2. The van der Waals surface area contributed by atoms with Crippen molar-refractivity contribution in [3.8, 4) is 0 Å². The third-order valence-corrected chi connectivity index (χ3v) is 7.13. The second kappa shape index (κ2) is 8.23. The number of anilines is 1. The maximum atomic E-state index is 13.4. The van der Waals surface area contributed by atoms with E-state index in [1.54, 1.807) is 12.1 Å². The van der Waals surface area contributed by atoms with Gasteiger partial charge in [0.05, 0.1) is 5.41 Å². The molecule has 3 aliphatic heterocycles. The highest BCUT2D eigenvalue weighted by Gasteiger charge is 2.50. The number of halogens is 1. The summed E-state index contributed by atoms with van der Waals surface area (Å²) in [4.78, 5) is 19.7. The summed E-state index contributed by atoms with van der Waals surface area (Å²) in [6.07, 6.45) is 5.01. The molecule has 0 radical (unpaired) electrons. The smallest absolute Gasteiger partial charge is 0.312 e. The monoisotopic (exact) mass is 403 g/mol. The molecule has 1 aromatic rings. The van der Waals surface area contributed by atoms with Crippen molar-refractivity contribution in [3.63, 3.8) is 0 Å². The van der Waals surface area contributed by atoms with Crippen LogP contribution < -0.4 is 4.90 Å². The van der Waals surface area contributed by atoms with E-state index in [0.717, 1.165) is 76.1 Å². The number of likely N-dealkylation sites (tertiary alicyclic amines) is 1. The summed E-state index contributed by atoms with van der Waals surface area (Å²) in [7, 11) is 4.06. The zero-order valence-electron chi connectivity index (χ0n) is 18.0. The van der Waals surface area contributed by atoms with Crippen molar-refractivity contribution in [1.29, 1.82) is 0 Å². The fourth-order valence-corrected chi connectivity index (χ4v) is 5.52. The minimum absolute atomic E-state index is 0.0330. The second-order valence-electron chi connectivity index (χ2n) is 9.46. The van der Waals surface area contributed by atoms with Crippen LogP contribution in [0, 0.1) is 18.2 Å². The molecule has 0 amide bonds. The SMILES string of the molecule is Cc1cc(F)ccc1N1CCC(N2CCC3(CC2)CC(CN(C)C)OC3=O)CC1. The van der Waals surface area contributed by atoms with Gasteiger partial charge in [0.1, 0.15) is 11.9 Å². The number of benzene rings is 1. The number of carbonyl (C=O) groups is 1. The highest BCUT2D eigenvalue weighted by Crippen LogP contribution is 2.44. The van der Waals surface area contributed by atoms with E-state index in [1.807, 2.05) is 27.1 Å². The summed E-state index contributed by atoms with van der Waals surface area (Å²) in [5.74, 6) is -0.132. The Bertz CT molecular complexity index is 738. The minimum Gasteiger partial charge on any atom is -0.461 e. The minimum atomic E-state index is -0.247. The Kier molecular flexibility index (Phi) is 5.85. The second-order valence-corrected chi connectivity index (χ2v) is 9.46. The molecule has 1 atom stereocenters. The van der Waals surface area contributed by atoms with Crippen molar-refractivity contribution in [1.82, 2.24) is 9.80 Å². The summed E-state index contributed by atoms with van der Waals surface area (Å²) in [5, 5.41) is 0. The summed E-state index contributed by atoms with van der Waals surface area (Å²) in [6.45, 7) is 6.79. The maximum Gasteiger partial charge on any atom is 0.312 e. The number of rotatable bonds is 4. The highest BCUT2D eigenvalue weighted by atomic mass is 19.1. The molecule has 0 N–H and O–H groups in total. The van der Waals surface area contributed by atoms with Crippen LogP contribution in [0.5, 0.6) is 0 Å². The van der Waals surface area contributed by atoms with Crippen molar-refractivity contribution >= 4 is 11.7 Å². The molecule has 0 bridgehead atoms. The fourth-order valence-electron chi connectivity index (χ4n) is 5.52. The molecule has 0 saturated carbocycles. The molecule has 3 heterocycles. The first-order chi connectivity index (χ1) is 13.9. The maximum absolute atomic E-state index is 13.4. The lowest BCUT2D eigenvalue weighted by Gasteiger charge is -2.44. The largest absolute Gasteiger partial charge is 0.461 e. The molecule has 4 rings (SSSR count). The Morgan fingerprint density at radius 2 is 1.86 bits per heavy atom. The molecule has 1 unspecified atom stereocenters. The average Bonchev–Trinajstić information content (AvgIpc) is 2.96. The Balaban J connectivity index is 1.30. The molecule has 29 heavy (non-hydrogen) atoms. The van der Waals surface area contributed by atoms with E-state index in [1.165, 1.54) is 0 Å². The molecular formula is C23H34FN3O2. The number of ether oxygens (including phenoxy) is 1. The number of carbonyl (C=O) groups excluding carboxylic acids is 1. The third-order valence-electron chi connectivity index (χ3n) is 7.13. The number of aryl methyl sites for hydroxylation is 1. The molecule has 0 aliphatic carbocycles. The summed E-state index contributed by atoms with van der Waals surface area (Å²) >= 11 is 0. The predicted molar refractivity (Wildman–Crippen MR) is 113 cm³/mol. The van der Waals surface area contributed by atoms with Crippen molar-refractivity contribution in [2.24, 2.45) is 5.41 Å². The van der Waals surface area contributed by atoms with E-state index in [2.05, 4.69) is 14.7 Å². The van der Waals surface area contributed by atoms with Crippen LogP contribution in [-0.2, 0) is 9.53 Å². The van der Waals surface area contributed by atoms with Gasteiger partial charge < -0.3 is 19.4 Å². The van der Waals surface area contributed by atoms with Gasteiger partial charge in [0.2, 0.25) is 0 Å². The normalized spacial score (nSPS) is 25.8. The van der Waals surface area contributed by atoms with E-state index >= 15 is 0 Å². The van der Waals surface area contributed by atoms with Gasteiger partial charge in [0, 0.05) is 37.8 Å². The summed E-state index contributed by atoms with van der Waals surface area (Å²) in [5.41, 5.74) is 1.92. The molecule has 3 aliphatic rings. The van der Waals surface area contributed by atoms with Gasteiger partial charge >= 0.3 is 5.97 Å². The van der Waals surface area contributed by atoms with Crippen molar-refractivity contribution in [3.05, 3.63) is 29.6 Å². The molecule has 0 aromatic heterocycles. The van der Waals surface area contributed by atoms with Crippen molar-refractivity contribution < 1.29 is 13.9 Å². The number of hydrogen-bond donors (Lipinski definition) is 0. The number of likely N-dealkylation sites (N-methyl/N-ethyl adjacent to an activating group) is 1. The van der Waals surface area contributed by atoms with Crippen LogP contribution in [0.4, 0.5) is 10.1 Å². The first-order valence-electron chi connectivity index (χ1n) is 11.0. The van der Waals surface area contributed by atoms with E-state index < -0.39 is 0 Å². The standard InChI is InChI=1S/C23H34FN3O2/c1-17-14-18(24)4-5-21(17)27-10-6-19(7-11-27)26-12-8-23(9-13-26)15-20(16-25(2)3)29-22(23)28/h4-5,14,19-20H,6-13,15-16H2,1-3H3. The predicted octanol–water partition coefficient (Wildman–Crippen LogP) is 3.06. The average molecular weight is 404 g/mol. The number of nitrogens with zero attached hydrogens (tertiary/aromatic N) is 3. The van der Waals surface area contributed by atoms with Crippen LogP contribution >= 0.6 is 0 Å². The highest BCUT2D eigenvalue weighted by molar-refractivity contribution is 5.79. The van der Waals surface area contributed by atoms with E-state index in [9.17, 15) is 9.18 Å². The Morgan fingerprint density at radius 1 is 1.17 bits per heavy atom. The lowest BCUT2D eigenvalue weighted by atomic mass is 9.75. The zero-order chi connectivity index (χ0) is 20.6. The van der Waals surface area contributed by atoms with Gasteiger partial charge in [0.15, 0.2) is 0 Å². The van der Waals surface area contributed by atoms with Crippen LogP contribution in [0.15, 0.2) is 18.2 Å². The molecule has 160 valence electrons. The molecular weight excluding hydrogens is 369 g/mol. The van der Waals surface area contributed by atoms with E-state index in [4.69, 9.17) is 4.74 Å². The van der Waals surface area contributed by atoms with Gasteiger partial charge in [-0.05, 0) is 83.6 Å². The van der Waals surface area contributed by atoms with Gasteiger partial charge in [-0.15, -0.1) is 0 Å². The quantitative estimate of drug-likeness (QED) is 0.722. The van der Waals surface area contributed by atoms with Crippen LogP contribution in [0.1, 0.15) is 37.7 Å². The first kappa shape index (κ1) is 20.6. The fraction of sp³-hybridized carbons (Fsp3) is 0.696. The lowest BCUT2D eigenvalue weighted by Crippen LogP contribution is -2.50. The van der Waals surface area contributed by atoms with Crippen LogP contribution in [0.25, 0.3) is 0 Å². The van der Waals surface area contributed by atoms with Gasteiger partial charge in [-0.2, -0.15) is 0 Å². The van der Waals surface area contributed by atoms with Gasteiger partial charge in [-0.1, -0.05) is 0 Å². The van der Waals surface area contributed by atoms with Gasteiger partial charge in [-0.25, -0.2) is 4.39 Å². The number of esters is 1. The number of hydrogen-bond acceptors (Lipinski definition) is 5. The molecule has 1 aromatic carbocycles. The zero-order valence-corrected chi connectivity index (χ0v) is 18.0. The van der Waals surface area contributed by atoms with Crippen molar-refractivity contribution in [2.75, 3.05) is 51.7 Å². The number of cyclic esters (lactones) is 1. The molecule has 5 nitrogen and oxygen atoms in total. The van der Waals surface area contributed by atoms with Crippen LogP contribution in [0.2, 0.25) is 0 Å². The first-order valence-corrected chi connectivity index (χ1v) is 11.0. The summed E-state index contributed by atoms with van der Waals surface area (Å²) in [6, 6.07) is 5.67. The van der Waals surface area contributed by atoms with Crippen LogP contribution in [0.3, 0.4) is 0 Å².